The van der Waals surface area contributed by atoms with Gasteiger partial charge in [-0.15, -0.1) is 0 Å². The van der Waals surface area contributed by atoms with Crippen LogP contribution in [0.4, 0.5) is 11.4 Å². The smallest absolute Gasteiger partial charge is 0.280 e. The quantitative estimate of drug-likeness (QED) is 0.532. The molecule has 2 rings (SSSR count). The SMILES string of the molecule is COc1ccc(Nc2cc(C)c(C(=O)N=C(N)N)cc2S(C)(=O)=O)cc1. The molecule has 0 aliphatic rings. The first-order valence-corrected chi connectivity index (χ1v) is 9.40. The van der Waals surface area contributed by atoms with Gasteiger partial charge in [0.05, 0.1) is 17.7 Å². The van der Waals surface area contributed by atoms with Crippen LogP contribution in [0.15, 0.2) is 46.3 Å². The molecule has 0 aliphatic heterocycles. The van der Waals surface area contributed by atoms with Gasteiger partial charge in [-0.05, 0) is 48.9 Å². The zero-order chi connectivity index (χ0) is 19.5. The number of sulfone groups is 1. The fourth-order valence-corrected chi connectivity index (χ4v) is 3.17. The summed E-state index contributed by atoms with van der Waals surface area (Å²) in [6.07, 6.45) is 1.06. The number of ether oxygens (including phenoxy) is 1. The van der Waals surface area contributed by atoms with Crippen LogP contribution in [0.5, 0.6) is 5.75 Å². The Bertz CT molecular complexity index is 963. The number of guanidine groups is 1. The summed E-state index contributed by atoms with van der Waals surface area (Å²) in [5.41, 5.74) is 12.1. The molecule has 0 heterocycles. The third-order valence-electron chi connectivity index (χ3n) is 3.56. The number of carbonyl (C=O) groups is 1. The molecule has 0 saturated carbocycles. The van der Waals surface area contributed by atoms with Gasteiger partial charge < -0.3 is 21.5 Å². The Labute approximate surface area is 151 Å². The van der Waals surface area contributed by atoms with Gasteiger partial charge >= 0.3 is 0 Å². The molecule has 0 saturated heterocycles. The summed E-state index contributed by atoms with van der Waals surface area (Å²) >= 11 is 0. The number of methoxy groups -OCH3 is 1. The average molecular weight is 376 g/mol. The third-order valence-corrected chi connectivity index (χ3v) is 4.69. The van der Waals surface area contributed by atoms with Crippen molar-refractivity contribution in [2.45, 2.75) is 11.8 Å². The maximum absolute atomic E-state index is 12.2. The van der Waals surface area contributed by atoms with E-state index in [1.165, 1.54) is 6.07 Å². The monoisotopic (exact) mass is 376 g/mol. The first-order valence-electron chi connectivity index (χ1n) is 7.51. The summed E-state index contributed by atoms with van der Waals surface area (Å²) in [7, 11) is -2.06. The fraction of sp³-hybridized carbons (Fsp3) is 0.176. The normalized spacial score (nSPS) is 10.9. The number of nitrogens with zero attached hydrogens (tertiary/aromatic N) is 1. The van der Waals surface area contributed by atoms with Crippen LogP contribution >= 0.6 is 0 Å². The van der Waals surface area contributed by atoms with Gasteiger partial charge in [0.25, 0.3) is 5.91 Å². The summed E-state index contributed by atoms with van der Waals surface area (Å²) in [6.45, 7) is 1.67. The van der Waals surface area contributed by atoms with Crippen LogP contribution < -0.4 is 21.5 Å². The Hall–Kier alpha value is -3.07. The maximum atomic E-state index is 12.2. The number of carbonyl (C=O) groups excluding carboxylic acids is 1. The molecule has 0 aliphatic carbocycles. The Morgan fingerprint density at radius 1 is 1.15 bits per heavy atom. The molecular formula is C17H20N4O4S. The average Bonchev–Trinajstić information content (AvgIpc) is 2.53. The van der Waals surface area contributed by atoms with Crippen LogP contribution in [0.2, 0.25) is 0 Å². The van der Waals surface area contributed by atoms with Crippen LogP contribution in [0, 0.1) is 6.92 Å². The van der Waals surface area contributed by atoms with Crippen molar-refractivity contribution in [1.82, 2.24) is 0 Å². The molecule has 138 valence electrons. The summed E-state index contributed by atoms with van der Waals surface area (Å²) in [4.78, 5) is 15.6. The van der Waals surface area contributed by atoms with E-state index in [-0.39, 0.29) is 10.5 Å². The molecule has 1 amide bonds. The van der Waals surface area contributed by atoms with E-state index in [0.717, 1.165) is 6.26 Å². The van der Waals surface area contributed by atoms with Gasteiger partial charge in [-0.1, -0.05) is 0 Å². The van der Waals surface area contributed by atoms with Crippen LogP contribution in [0.3, 0.4) is 0 Å². The molecule has 26 heavy (non-hydrogen) atoms. The Kier molecular flexibility index (Phi) is 5.51. The predicted molar refractivity (Wildman–Crippen MR) is 101 cm³/mol. The van der Waals surface area contributed by atoms with Crippen molar-refractivity contribution in [1.29, 1.82) is 0 Å². The molecule has 0 aromatic heterocycles. The van der Waals surface area contributed by atoms with E-state index in [4.69, 9.17) is 16.2 Å². The van der Waals surface area contributed by atoms with E-state index in [0.29, 0.717) is 22.7 Å². The van der Waals surface area contributed by atoms with Crippen molar-refractivity contribution in [3.63, 3.8) is 0 Å². The standard InChI is InChI=1S/C17H20N4O4S/c1-10-8-14(20-11-4-6-12(25-2)7-5-11)15(26(3,23)24)9-13(10)16(22)21-17(18)19/h4-9,20H,1-3H3,(H4,18,19,21,22). The highest BCUT2D eigenvalue weighted by atomic mass is 32.2. The number of amides is 1. The van der Waals surface area contributed by atoms with E-state index in [1.807, 2.05) is 0 Å². The minimum Gasteiger partial charge on any atom is -0.497 e. The fourth-order valence-electron chi connectivity index (χ4n) is 2.33. The lowest BCUT2D eigenvalue weighted by molar-refractivity contribution is 0.100. The molecule has 0 radical (unpaired) electrons. The van der Waals surface area contributed by atoms with Crippen molar-refractivity contribution in [2.75, 3.05) is 18.7 Å². The molecule has 0 bridgehead atoms. The minimum absolute atomic E-state index is 0.0342. The highest BCUT2D eigenvalue weighted by Gasteiger charge is 2.19. The van der Waals surface area contributed by atoms with Gasteiger partial charge in [0, 0.05) is 17.5 Å². The van der Waals surface area contributed by atoms with Crippen LogP contribution in [-0.2, 0) is 9.84 Å². The Balaban J connectivity index is 2.53. The first-order chi connectivity index (χ1) is 12.1. The summed E-state index contributed by atoms with van der Waals surface area (Å²) in [5, 5.41) is 3.05. The lowest BCUT2D eigenvalue weighted by Gasteiger charge is -2.14. The molecule has 2 aromatic rings. The number of nitrogens with one attached hydrogen (secondary N) is 1. The summed E-state index contributed by atoms with van der Waals surface area (Å²) in [5.74, 6) is -0.424. The number of nitrogens with two attached hydrogens (primary N) is 2. The predicted octanol–water partition coefficient (Wildman–Crippen LogP) is 1.56. The Morgan fingerprint density at radius 2 is 1.77 bits per heavy atom. The second kappa shape index (κ2) is 7.44. The number of rotatable bonds is 5. The van der Waals surface area contributed by atoms with Crippen molar-refractivity contribution in [2.24, 2.45) is 16.5 Å². The lowest BCUT2D eigenvalue weighted by Crippen LogP contribution is -2.24. The number of benzene rings is 2. The maximum Gasteiger partial charge on any atom is 0.280 e. The van der Waals surface area contributed by atoms with Gasteiger partial charge in [-0.2, -0.15) is 4.99 Å². The van der Waals surface area contributed by atoms with Gasteiger partial charge in [0.1, 0.15) is 5.75 Å². The van der Waals surface area contributed by atoms with Crippen molar-refractivity contribution >= 4 is 33.1 Å². The second-order valence-electron chi connectivity index (χ2n) is 5.63. The second-order valence-corrected chi connectivity index (χ2v) is 7.61. The third kappa shape index (κ3) is 4.51. The molecule has 8 nitrogen and oxygen atoms in total. The highest BCUT2D eigenvalue weighted by molar-refractivity contribution is 7.90. The molecule has 0 unspecified atom stereocenters. The number of hydrogen-bond donors (Lipinski definition) is 3. The van der Waals surface area contributed by atoms with E-state index >= 15 is 0 Å². The number of anilines is 2. The van der Waals surface area contributed by atoms with E-state index < -0.39 is 21.7 Å². The zero-order valence-electron chi connectivity index (χ0n) is 14.6. The molecule has 2 aromatic carbocycles. The summed E-state index contributed by atoms with van der Waals surface area (Å²) < 4.78 is 29.5. The molecule has 0 atom stereocenters. The molecule has 5 N–H and O–H groups in total. The van der Waals surface area contributed by atoms with Gasteiger partial charge in [-0.3, -0.25) is 4.79 Å². The van der Waals surface area contributed by atoms with E-state index in [9.17, 15) is 13.2 Å². The summed E-state index contributed by atoms with van der Waals surface area (Å²) in [6, 6.07) is 9.82. The zero-order valence-corrected chi connectivity index (χ0v) is 15.4. The largest absolute Gasteiger partial charge is 0.497 e. The van der Waals surface area contributed by atoms with Crippen LogP contribution in [-0.4, -0.2) is 33.7 Å². The Morgan fingerprint density at radius 3 is 2.27 bits per heavy atom. The van der Waals surface area contributed by atoms with Crippen molar-refractivity contribution in [3.8, 4) is 5.75 Å². The van der Waals surface area contributed by atoms with Crippen molar-refractivity contribution < 1.29 is 17.9 Å². The number of aryl methyl sites for hydroxylation is 1. The van der Waals surface area contributed by atoms with Crippen LogP contribution in [0.25, 0.3) is 0 Å². The van der Waals surface area contributed by atoms with E-state index in [2.05, 4.69) is 10.3 Å². The van der Waals surface area contributed by atoms with Crippen LogP contribution in [0.1, 0.15) is 15.9 Å². The van der Waals surface area contributed by atoms with Gasteiger partial charge in [0.2, 0.25) is 0 Å². The molecule has 0 fully saturated rings. The first kappa shape index (κ1) is 19.3. The minimum atomic E-state index is -3.62. The molecular weight excluding hydrogens is 356 g/mol. The lowest BCUT2D eigenvalue weighted by atomic mass is 10.1. The van der Waals surface area contributed by atoms with E-state index in [1.54, 1.807) is 44.4 Å². The number of hydrogen-bond acceptors (Lipinski definition) is 5. The molecule has 0 spiro atoms. The topological polar surface area (TPSA) is 137 Å². The van der Waals surface area contributed by atoms with Gasteiger partial charge in [-0.25, -0.2) is 8.42 Å². The highest BCUT2D eigenvalue weighted by Crippen LogP contribution is 2.29. The van der Waals surface area contributed by atoms with Crippen molar-refractivity contribution in [3.05, 3.63) is 47.5 Å². The molecule has 9 heteroatoms. The number of aliphatic imine (C=N–C) groups is 1. The van der Waals surface area contributed by atoms with Gasteiger partial charge in [0.15, 0.2) is 15.8 Å².